The highest BCUT2D eigenvalue weighted by Crippen LogP contribution is 2.60. The zero-order chi connectivity index (χ0) is 52.2. The second-order valence-corrected chi connectivity index (χ2v) is 21.2. The molecule has 2 aliphatic rings. The Morgan fingerprint density at radius 1 is 0.244 bits per heavy atom. The fourth-order valence-corrected chi connectivity index (χ4v) is 12.9. The molecule has 2 nitrogen and oxygen atoms in total. The van der Waals surface area contributed by atoms with Crippen LogP contribution in [0.25, 0.3) is 55.6 Å². The number of anilines is 6. The molecule has 0 bridgehead atoms. The Morgan fingerprint density at radius 2 is 0.654 bits per heavy atom. The Morgan fingerprint density at radius 3 is 1.31 bits per heavy atom. The lowest BCUT2D eigenvalue weighted by Gasteiger charge is -2.35. The quantitative estimate of drug-likeness (QED) is 0.127. The molecular formula is C76H56N2. The second-order valence-electron chi connectivity index (χ2n) is 21.2. The van der Waals surface area contributed by atoms with Gasteiger partial charge in [-0.2, -0.15) is 0 Å². The Kier molecular flexibility index (Phi) is 11.5. The first-order valence-electron chi connectivity index (χ1n) is 27.2. The van der Waals surface area contributed by atoms with Gasteiger partial charge in [0.2, 0.25) is 0 Å². The van der Waals surface area contributed by atoms with Crippen molar-refractivity contribution in [2.24, 2.45) is 0 Å². The van der Waals surface area contributed by atoms with Crippen LogP contribution < -0.4 is 9.80 Å². The summed E-state index contributed by atoms with van der Waals surface area (Å²) >= 11 is 0. The summed E-state index contributed by atoms with van der Waals surface area (Å²) in [6.45, 7) is 4.72. The number of para-hydroxylation sites is 2. The molecule has 0 spiro atoms. The van der Waals surface area contributed by atoms with E-state index in [1.807, 2.05) is 0 Å². The first kappa shape index (κ1) is 46.7. The molecule has 0 amide bonds. The van der Waals surface area contributed by atoms with Crippen molar-refractivity contribution < 1.29 is 0 Å². The van der Waals surface area contributed by atoms with Gasteiger partial charge in [-0.25, -0.2) is 0 Å². The van der Waals surface area contributed by atoms with E-state index in [2.05, 4.69) is 327 Å². The van der Waals surface area contributed by atoms with Crippen molar-refractivity contribution in [1.82, 2.24) is 0 Å². The lowest BCUT2D eigenvalue weighted by Crippen LogP contribution is -2.28. The fourth-order valence-electron chi connectivity index (χ4n) is 12.9. The first-order valence-corrected chi connectivity index (χ1v) is 27.2. The topological polar surface area (TPSA) is 6.48 Å². The van der Waals surface area contributed by atoms with Gasteiger partial charge in [0.1, 0.15) is 0 Å². The number of fused-ring (bicyclic) bond motifs is 6. The highest BCUT2D eigenvalue weighted by atomic mass is 15.1. The van der Waals surface area contributed by atoms with Crippen LogP contribution in [0.1, 0.15) is 47.2 Å². The van der Waals surface area contributed by atoms with Gasteiger partial charge in [0.05, 0.1) is 11.1 Å². The number of hydrogen-bond donors (Lipinski definition) is 0. The molecule has 0 heterocycles. The van der Waals surface area contributed by atoms with Crippen LogP contribution in [0.5, 0.6) is 0 Å². The third-order valence-electron chi connectivity index (χ3n) is 16.6. The van der Waals surface area contributed by atoms with E-state index in [0.717, 1.165) is 45.3 Å². The molecule has 0 aromatic heterocycles. The maximum atomic E-state index is 2.49. The van der Waals surface area contributed by atoms with Gasteiger partial charge in [0, 0.05) is 39.4 Å². The highest BCUT2D eigenvalue weighted by Gasteiger charge is 2.47. The molecule has 14 rings (SSSR count). The second kappa shape index (κ2) is 19.1. The third-order valence-corrected chi connectivity index (χ3v) is 16.6. The Hall–Kier alpha value is -9.76. The summed E-state index contributed by atoms with van der Waals surface area (Å²) < 4.78 is 0. The predicted octanol–water partition coefficient (Wildman–Crippen LogP) is 20.3. The van der Waals surface area contributed by atoms with Crippen molar-refractivity contribution in [3.63, 3.8) is 0 Å². The van der Waals surface area contributed by atoms with Gasteiger partial charge in [-0.1, -0.05) is 250 Å². The monoisotopic (exact) mass is 996 g/mol. The minimum atomic E-state index is -0.647. The van der Waals surface area contributed by atoms with Crippen molar-refractivity contribution in [2.75, 3.05) is 9.80 Å². The molecule has 0 aliphatic heterocycles. The van der Waals surface area contributed by atoms with Crippen molar-refractivity contribution in [1.29, 1.82) is 0 Å². The first-order chi connectivity index (χ1) is 38.5. The third kappa shape index (κ3) is 7.63. The highest BCUT2D eigenvalue weighted by molar-refractivity contribution is 5.98. The average Bonchev–Trinajstić information content (AvgIpc) is 2.92. The van der Waals surface area contributed by atoms with Crippen molar-refractivity contribution in [3.8, 4) is 55.6 Å². The van der Waals surface area contributed by atoms with E-state index < -0.39 is 5.41 Å². The minimum absolute atomic E-state index is 0.118. The van der Waals surface area contributed by atoms with E-state index in [9.17, 15) is 0 Å². The van der Waals surface area contributed by atoms with Gasteiger partial charge in [0.15, 0.2) is 0 Å². The predicted molar refractivity (Wildman–Crippen MR) is 327 cm³/mol. The number of hydrogen-bond acceptors (Lipinski definition) is 2. The molecule has 2 aliphatic carbocycles. The average molecular weight is 997 g/mol. The number of rotatable bonds is 11. The summed E-state index contributed by atoms with van der Waals surface area (Å²) in [6.07, 6.45) is 0. The van der Waals surface area contributed by atoms with Gasteiger partial charge in [-0.3, -0.25) is 0 Å². The summed E-state index contributed by atoms with van der Waals surface area (Å²) in [6, 6.07) is 112. The van der Waals surface area contributed by atoms with E-state index in [4.69, 9.17) is 0 Å². The lowest BCUT2D eigenvalue weighted by molar-refractivity contribution is 0.660. The van der Waals surface area contributed by atoms with Crippen LogP contribution >= 0.6 is 0 Å². The van der Waals surface area contributed by atoms with Gasteiger partial charge in [0.25, 0.3) is 0 Å². The molecule has 0 atom stereocenters. The van der Waals surface area contributed by atoms with Crippen LogP contribution in [0.4, 0.5) is 34.1 Å². The smallest absolute Gasteiger partial charge is 0.0714 e. The molecule has 12 aromatic carbocycles. The van der Waals surface area contributed by atoms with Crippen molar-refractivity contribution >= 4 is 34.1 Å². The molecule has 2 heteroatoms. The van der Waals surface area contributed by atoms with Gasteiger partial charge in [-0.15, -0.1) is 0 Å². The van der Waals surface area contributed by atoms with Crippen molar-refractivity contribution in [3.05, 3.63) is 337 Å². The summed E-state index contributed by atoms with van der Waals surface area (Å²) in [7, 11) is 0. The van der Waals surface area contributed by atoms with Gasteiger partial charge >= 0.3 is 0 Å². The standard InChI is InChI=1S/C76H56N2/c1-75(2)69-36-20-18-34-66(69)67-49-47-62(51-71(67)75)77(59-31-16-7-17-32-59)60-45-41-56(42-46-60)65-35-22-37-70-74(65)68-50-48-63(52-72(68)76(70,57-27-12-5-13-28-57)58-29-14-6-15-30-58)78(61-43-39-54(40-44-61)53-23-8-3-9-24-53)73-38-21-19-33-64(73)55-25-10-4-11-26-55/h3-52H,1-2H3. The molecule has 0 unspecified atom stereocenters. The van der Waals surface area contributed by atoms with E-state index in [0.29, 0.717) is 0 Å². The van der Waals surface area contributed by atoms with Gasteiger partial charge in [-0.05, 0) is 150 Å². The molecular weight excluding hydrogens is 941 g/mol. The summed E-state index contributed by atoms with van der Waals surface area (Å²) in [5.41, 5.74) is 25.8. The molecule has 78 heavy (non-hydrogen) atoms. The maximum Gasteiger partial charge on any atom is 0.0714 e. The molecule has 12 aromatic rings. The molecule has 0 saturated heterocycles. The fraction of sp³-hybridized carbons (Fsp3) is 0.0526. The zero-order valence-corrected chi connectivity index (χ0v) is 43.8. The minimum Gasteiger partial charge on any atom is -0.310 e. The molecule has 0 fully saturated rings. The van der Waals surface area contributed by atoms with Crippen molar-refractivity contribution in [2.45, 2.75) is 24.7 Å². The SMILES string of the molecule is CC1(C)c2ccccc2-c2ccc(N(c3ccccc3)c3ccc(-c4cccc5c4-c4ccc(N(c6ccc(-c7ccccc7)cc6)c6ccccc6-c6ccccc6)cc4C5(c4ccccc4)c4ccccc4)cc3)cc21. The normalized spacial score (nSPS) is 13.2. The van der Waals surface area contributed by atoms with E-state index in [1.54, 1.807) is 0 Å². The molecule has 0 N–H and O–H groups in total. The van der Waals surface area contributed by atoms with Crippen LogP contribution in [0, 0.1) is 0 Å². The maximum absolute atomic E-state index is 2.49. The van der Waals surface area contributed by atoms with Crippen LogP contribution in [0.15, 0.2) is 303 Å². The van der Waals surface area contributed by atoms with E-state index >= 15 is 0 Å². The zero-order valence-electron chi connectivity index (χ0n) is 43.8. The Bertz CT molecular complexity index is 4090. The van der Waals surface area contributed by atoms with Crippen LogP contribution in [0.2, 0.25) is 0 Å². The summed E-state index contributed by atoms with van der Waals surface area (Å²) in [4.78, 5) is 4.86. The molecule has 0 saturated carbocycles. The van der Waals surface area contributed by atoms with Crippen LogP contribution in [-0.4, -0.2) is 0 Å². The Labute approximate surface area is 458 Å². The van der Waals surface area contributed by atoms with Crippen LogP contribution in [-0.2, 0) is 10.8 Å². The van der Waals surface area contributed by atoms with E-state index in [-0.39, 0.29) is 5.41 Å². The molecule has 370 valence electrons. The Balaban J connectivity index is 0.948. The van der Waals surface area contributed by atoms with Crippen LogP contribution in [0.3, 0.4) is 0 Å². The number of benzene rings is 12. The largest absolute Gasteiger partial charge is 0.310 e. The summed E-state index contributed by atoms with van der Waals surface area (Å²) in [5, 5.41) is 0. The lowest BCUT2D eigenvalue weighted by atomic mass is 9.67. The summed E-state index contributed by atoms with van der Waals surface area (Å²) in [5.74, 6) is 0. The molecule has 0 radical (unpaired) electrons. The van der Waals surface area contributed by atoms with E-state index in [1.165, 1.54) is 77.9 Å². The number of nitrogens with zero attached hydrogens (tertiary/aromatic N) is 2. The van der Waals surface area contributed by atoms with Gasteiger partial charge < -0.3 is 9.80 Å².